The van der Waals surface area contributed by atoms with Gasteiger partial charge in [0.1, 0.15) is 11.5 Å². The van der Waals surface area contributed by atoms with Crippen LogP contribution >= 0.6 is 0 Å². The van der Waals surface area contributed by atoms with Gasteiger partial charge in [-0.2, -0.15) is 5.26 Å². The highest BCUT2D eigenvalue weighted by Crippen LogP contribution is 2.27. The highest BCUT2D eigenvalue weighted by Gasteiger charge is 2.16. The van der Waals surface area contributed by atoms with E-state index in [2.05, 4.69) is 5.32 Å². The number of hydrogen-bond donors (Lipinski definition) is 1. The van der Waals surface area contributed by atoms with Gasteiger partial charge in [-0.15, -0.1) is 0 Å². The molecule has 1 unspecified atom stereocenters. The number of hydrogen-bond acceptors (Lipinski definition) is 5. The number of amides is 1. The van der Waals surface area contributed by atoms with Gasteiger partial charge in [0, 0.05) is 11.6 Å². The van der Waals surface area contributed by atoms with Crippen LogP contribution in [0.25, 0.3) is 0 Å². The Kier molecular flexibility index (Phi) is 5.48. The molecular weight excluding hydrogens is 308 g/mol. The number of furan rings is 1. The molecule has 0 radical (unpaired) electrons. The summed E-state index contributed by atoms with van der Waals surface area (Å²) in [7, 11) is 1.48. The number of carbonyl (C=O) groups excluding carboxylic acids is 1. The largest absolute Gasteiger partial charge is 0.493 e. The molecule has 0 aliphatic carbocycles. The second-order valence-electron chi connectivity index (χ2n) is 5.42. The number of carbonyl (C=O) groups is 1. The van der Waals surface area contributed by atoms with Gasteiger partial charge in [-0.25, -0.2) is 0 Å². The average molecular weight is 328 g/mol. The number of nitriles is 1. The van der Waals surface area contributed by atoms with Crippen LogP contribution in [0.3, 0.4) is 0 Å². The van der Waals surface area contributed by atoms with Crippen LogP contribution in [0.1, 0.15) is 35.6 Å². The third-order valence-electron chi connectivity index (χ3n) is 3.57. The summed E-state index contributed by atoms with van der Waals surface area (Å²) in [5.41, 5.74) is 1.40. The molecular formula is C18H20N2O4. The van der Waals surface area contributed by atoms with Crippen molar-refractivity contribution >= 4 is 5.91 Å². The van der Waals surface area contributed by atoms with Gasteiger partial charge in [-0.3, -0.25) is 4.79 Å². The van der Waals surface area contributed by atoms with E-state index in [1.54, 1.807) is 18.2 Å². The molecule has 1 heterocycles. The van der Waals surface area contributed by atoms with Gasteiger partial charge in [0.25, 0.3) is 5.91 Å². The molecule has 1 atom stereocenters. The fraction of sp³-hybridized carbons (Fsp3) is 0.333. The van der Waals surface area contributed by atoms with Gasteiger partial charge in [-0.1, -0.05) is 0 Å². The maximum absolute atomic E-state index is 12.1. The Labute approximate surface area is 141 Å². The standard InChI is InChI=1S/C18H20N2O4/c1-11-7-15(13(3)24-11)12(2)20-18(21)10-23-16-6-5-14(9-19)8-17(16)22-4/h5-8,12H,10H2,1-4H3,(H,20,21). The molecule has 2 rings (SSSR count). The fourth-order valence-electron chi connectivity index (χ4n) is 2.44. The van der Waals surface area contributed by atoms with Crippen molar-refractivity contribution in [2.24, 2.45) is 0 Å². The van der Waals surface area contributed by atoms with Crippen molar-refractivity contribution in [3.63, 3.8) is 0 Å². The van der Waals surface area contributed by atoms with Crippen molar-refractivity contribution in [2.45, 2.75) is 26.8 Å². The van der Waals surface area contributed by atoms with Gasteiger partial charge >= 0.3 is 0 Å². The Balaban J connectivity index is 1.96. The monoisotopic (exact) mass is 328 g/mol. The normalized spacial score (nSPS) is 11.5. The molecule has 0 bridgehead atoms. The zero-order valence-corrected chi connectivity index (χ0v) is 14.2. The molecule has 0 aliphatic rings. The van der Waals surface area contributed by atoms with E-state index in [0.717, 1.165) is 17.1 Å². The molecule has 126 valence electrons. The number of ether oxygens (including phenoxy) is 2. The van der Waals surface area contributed by atoms with Crippen LogP contribution in [0.2, 0.25) is 0 Å². The summed E-state index contributed by atoms with van der Waals surface area (Å²) in [5, 5.41) is 11.7. The molecule has 0 fully saturated rings. The summed E-state index contributed by atoms with van der Waals surface area (Å²) in [6.45, 7) is 5.47. The number of methoxy groups -OCH3 is 1. The predicted octanol–water partition coefficient (Wildman–Crippen LogP) is 3.03. The van der Waals surface area contributed by atoms with Crippen LogP contribution in [-0.2, 0) is 4.79 Å². The molecule has 6 heteroatoms. The lowest BCUT2D eigenvalue weighted by Gasteiger charge is -2.14. The molecule has 0 spiro atoms. The van der Waals surface area contributed by atoms with Crippen molar-refractivity contribution in [2.75, 3.05) is 13.7 Å². The van der Waals surface area contributed by atoms with E-state index in [4.69, 9.17) is 19.2 Å². The number of aryl methyl sites for hydroxylation is 2. The van der Waals surface area contributed by atoms with E-state index in [9.17, 15) is 4.79 Å². The third kappa shape index (κ3) is 4.07. The lowest BCUT2D eigenvalue weighted by Crippen LogP contribution is -2.31. The van der Waals surface area contributed by atoms with Crippen molar-refractivity contribution < 1.29 is 18.7 Å². The molecule has 0 aliphatic heterocycles. The maximum Gasteiger partial charge on any atom is 0.258 e. The van der Waals surface area contributed by atoms with Gasteiger partial charge < -0.3 is 19.2 Å². The Morgan fingerprint density at radius 3 is 2.67 bits per heavy atom. The average Bonchev–Trinajstić information content (AvgIpc) is 2.91. The van der Waals surface area contributed by atoms with Crippen molar-refractivity contribution in [3.8, 4) is 17.6 Å². The Bertz CT molecular complexity index is 774. The van der Waals surface area contributed by atoms with Crippen LogP contribution in [-0.4, -0.2) is 19.6 Å². The van der Waals surface area contributed by atoms with Crippen LogP contribution in [0.15, 0.2) is 28.7 Å². The minimum Gasteiger partial charge on any atom is -0.493 e. The molecule has 1 amide bonds. The second kappa shape index (κ2) is 7.55. The van der Waals surface area contributed by atoms with Crippen LogP contribution < -0.4 is 14.8 Å². The minimum atomic E-state index is -0.257. The van der Waals surface area contributed by atoms with Crippen molar-refractivity contribution in [1.29, 1.82) is 5.26 Å². The SMILES string of the molecule is COc1cc(C#N)ccc1OCC(=O)NC(C)c1cc(C)oc1C. The fourth-order valence-corrected chi connectivity index (χ4v) is 2.44. The molecule has 1 N–H and O–H groups in total. The van der Waals surface area contributed by atoms with Crippen molar-refractivity contribution in [1.82, 2.24) is 5.32 Å². The highest BCUT2D eigenvalue weighted by atomic mass is 16.5. The second-order valence-corrected chi connectivity index (χ2v) is 5.42. The first-order valence-electron chi connectivity index (χ1n) is 7.51. The lowest BCUT2D eigenvalue weighted by atomic mass is 10.1. The lowest BCUT2D eigenvalue weighted by molar-refractivity contribution is -0.123. The summed E-state index contributed by atoms with van der Waals surface area (Å²) in [6, 6.07) is 8.53. The van der Waals surface area contributed by atoms with Crippen LogP contribution in [0.5, 0.6) is 11.5 Å². The summed E-state index contributed by atoms with van der Waals surface area (Å²) < 4.78 is 16.1. The zero-order chi connectivity index (χ0) is 17.7. The maximum atomic E-state index is 12.1. The van der Waals surface area contributed by atoms with Gasteiger partial charge in [0.15, 0.2) is 18.1 Å². The van der Waals surface area contributed by atoms with E-state index in [-0.39, 0.29) is 18.6 Å². The minimum absolute atomic E-state index is 0.150. The molecule has 0 saturated heterocycles. The van der Waals surface area contributed by atoms with Gasteiger partial charge in [0.2, 0.25) is 0 Å². The first-order chi connectivity index (χ1) is 11.4. The Hall–Kier alpha value is -2.94. The van der Waals surface area contributed by atoms with Gasteiger partial charge in [0.05, 0.1) is 24.8 Å². The number of nitrogens with zero attached hydrogens (tertiary/aromatic N) is 1. The number of nitrogens with one attached hydrogen (secondary N) is 1. The molecule has 1 aromatic heterocycles. The molecule has 2 aromatic rings. The highest BCUT2D eigenvalue weighted by molar-refractivity contribution is 5.78. The van der Waals surface area contributed by atoms with E-state index >= 15 is 0 Å². The summed E-state index contributed by atoms with van der Waals surface area (Å²) in [5.74, 6) is 2.16. The first kappa shape index (κ1) is 17.4. The van der Waals surface area contributed by atoms with E-state index < -0.39 is 0 Å². The van der Waals surface area contributed by atoms with Crippen LogP contribution in [0, 0.1) is 25.2 Å². The number of benzene rings is 1. The first-order valence-corrected chi connectivity index (χ1v) is 7.51. The third-order valence-corrected chi connectivity index (χ3v) is 3.57. The Morgan fingerprint density at radius 2 is 2.08 bits per heavy atom. The summed E-state index contributed by atoms with van der Waals surface area (Å²) in [6.07, 6.45) is 0. The smallest absolute Gasteiger partial charge is 0.258 e. The Morgan fingerprint density at radius 1 is 1.33 bits per heavy atom. The summed E-state index contributed by atoms with van der Waals surface area (Å²) >= 11 is 0. The molecule has 6 nitrogen and oxygen atoms in total. The summed E-state index contributed by atoms with van der Waals surface area (Å²) in [4.78, 5) is 12.1. The van der Waals surface area contributed by atoms with E-state index in [1.165, 1.54) is 7.11 Å². The zero-order valence-electron chi connectivity index (χ0n) is 14.2. The number of rotatable bonds is 6. The predicted molar refractivity (Wildman–Crippen MR) is 87.9 cm³/mol. The molecule has 1 aromatic carbocycles. The van der Waals surface area contributed by atoms with Crippen molar-refractivity contribution in [3.05, 3.63) is 46.9 Å². The van der Waals surface area contributed by atoms with Gasteiger partial charge in [-0.05, 0) is 39.0 Å². The van der Waals surface area contributed by atoms with Crippen LogP contribution in [0.4, 0.5) is 0 Å². The topological polar surface area (TPSA) is 84.5 Å². The van der Waals surface area contributed by atoms with E-state index in [1.807, 2.05) is 32.9 Å². The van der Waals surface area contributed by atoms with E-state index in [0.29, 0.717) is 17.1 Å². The quantitative estimate of drug-likeness (QED) is 0.881. The molecule has 24 heavy (non-hydrogen) atoms. The molecule has 0 saturated carbocycles.